The summed E-state index contributed by atoms with van der Waals surface area (Å²) < 4.78 is 5.31. The molecule has 9 heteroatoms. The summed E-state index contributed by atoms with van der Waals surface area (Å²) in [6.45, 7) is 10.5. The molecule has 0 saturated heterocycles. The van der Waals surface area contributed by atoms with Crippen LogP contribution in [-0.2, 0) is 19.1 Å². The average molecular weight is 547 g/mol. The highest BCUT2D eigenvalue weighted by Crippen LogP contribution is 2.28. The van der Waals surface area contributed by atoms with E-state index in [2.05, 4.69) is 10.6 Å². The predicted octanol–water partition coefficient (Wildman–Crippen LogP) is 4.83. The number of nitrogens with two attached hydrogens (primary N) is 1. The molecule has 0 radical (unpaired) electrons. The number of benzene rings is 3. The number of rotatable bonds is 9. The van der Waals surface area contributed by atoms with Gasteiger partial charge >= 0.3 is 6.09 Å². The summed E-state index contributed by atoms with van der Waals surface area (Å²) in [6.07, 6.45) is -1.34. The Morgan fingerprint density at radius 2 is 1.60 bits per heavy atom. The lowest BCUT2D eigenvalue weighted by Crippen LogP contribution is -2.55. The molecule has 0 aliphatic rings. The summed E-state index contributed by atoms with van der Waals surface area (Å²) >= 11 is 0. The van der Waals surface area contributed by atoms with E-state index in [1.54, 1.807) is 46.8 Å². The molecule has 2 atom stereocenters. The molecule has 9 nitrogen and oxygen atoms in total. The molecule has 0 fully saturated rings. The Balaban J connectivity index is 2.02. The molecule has 0 saturated carbocycles. The van der Waals surface area contributed by atoms with Crippen LogP contribution in [0.1, 0.15) is 58.2 Å². The van der Waals surface area contributed by atoms with Crippen LogP contribution in [0.3, 0.4) is 0 Å². The number of ether oxygens (including phenoxy) is 1. The van der Waals surface area contributed by atoms with Crippen LogP contribution in [0.4, 0.5) is 10.5 Å². The Kier molecular flexibility index (Phi) is 9.52. The fourth-order valence-electron chi connectivity index (χ4n) is 4.47. The predicted molar refractivity (Wildman–Crippen MR) is 155 cm³/mol. The second kappa shape index (κ2) is 12.6. The fourth-order valence-corrected chi connectivity index (χ4v) is 4.47. The maximum absolute atomic E-state index is 14.0. The quantitative estimate of drug-likeness (QED) is 0.354. The van der Waals surface area contributed by atoms with Gasteiger partial charge in [0.2, 0.25) is 11.8 Å². The van der Waals surface area contributed by atoms with E-state index >= 15 is 0 Å². The molecule has 0 aliphatic heterocycles. The number of nitrogens with one attached hydrogen (secondary N) is 2. The zero-order valence-electron chi connectivity index (χ0n) is 23.9. The molecular weight excluding hydrogens is 508 g/mol. The summed E-state index contributed by atoms with van der Waals surface area (Å²) in [6, 6.07) is 17.8. The van der Waals surface area contributed by atoms with Gasteiger partial charge in [-0.2, -0.15) is 0 Å². The van der Waals surface area contributed by atoms with Gasteiger partial charge in [-0.05, 0) is 70.0 Å². The number of primary amides is 1. The summed E-state index contributed by atoms with van der Waals surface area (Å²) in [4.78, 5) is 53.8. The molecule has 212 valence electrons. The second-order valence-corrected chi connectivity index (χ2v) is 11.1. The van der Waals surface area contributed by atoms with Crippen molar-refractivity contribution in [3.05, 3.63) is 77.9 Å². The van der Waals surface area contributed by atoms with Crippen LogP contribution in [0.15, 0.2) is 66.7 Å². The van der Waals surface area contributed by atoms with Crippen LogP contribution in [0.25, 0.3) is 10.8 Å². The topological polar surface area (TPSA) is 131 Å². The number of fused-ring (bicyclic) bond motifs is 1. The molecule has 3 aromatic rings. The Bertz CT molecular complexity index is 1400. The van der Waals surface area contributed by atoms with Crippen molar-refractivity contribution in [3.8, 4) is 0 Å². The van der Waals surface area contributed by atoms with E-state index in [1.165, 1.54) is 4.90 Å². The van der Waals surface area contributed by atoms with E-state index < -0.39 is 54.0 Å². The van der Waals surface area contributed by atoms with Crippen molar-refractivity contribution in [2.45, 2.75) is 71.7 Å². The van der Waals surface area contributed by atoms with E-state index in [0.717, 1.165) is 16.3 Å². The number of alkyl carbamates (subject to hydrolysis) is 1. The van der Waals surface area contributed by atoms with Crippen molar-refractivity contribution in [2.75, 3.05) is 5.32 Å². The number of hydrogen-bond acceptors (Lipinski definition) is 5. The smallest absolute Gasteiger partial charge is 0.408 e. The normalized spacial score (nSPS) is 12.9. The Morgan fingerprint density at radius 1 is 0.925 bits per heavy atom. The van der Waals surface area contributed by atoms with Gasteiger partial charge in [-0.3, -0.25) is 14.4 Å². The molecule has 4 amide bonds. The fraction of sp³-hybridized carbons (Fsp3) is 0.355. The zero-order valence-corrected chi connectivity index (χ0v) is 23.9. The third-order valence-corrected chi connectivity index (χ3v) is 6.11. The first-order valence-corrected chi connectivity index (χ1v) is 13.2. The Morgan fingerprint density at radius 3 is 2.20 bits per heavy atom. The number of hydrogen-bond donors (Lipinski definition) is 3. The minimum atomic E-state index is -1.34. The van der Waals surface area contributed by atoms with E-state index in [9.17, 15) is 19.2 Å². The van der Waals surface area contributed by atoms with Crippen molar-refractivity contribution in [2.24, 2.45) is 5.73 Å². The number of anilines is 1. The first-order valence-electron chi connectivity index (χ1n) is 13.2. The van der Waals surface area contributed by atoms with Gasteiger partial charge in [-0.15, -0.1) is 0 Å². The van der Waals surface area contributed by atoms with Crippen LogP contribution in [-0.4, -0.2) is 46.4 Å². The Hall–Kier alpha value is -4.40. The second-order valence-electron chi connectivity index (χ2n) is 11.1. The van der Waals surface area contributed by atoms with E-state index in [1.807, 2.05) is 61.5 Å². The summed E-state index contributed by atoms with van der Waals surface area (Å²) in [5.41, 5.74) is 6.66. The highest BCUT2D eigenvalue weighted by atomic mass is 16.6. The van der Waals surface area contributed by atoms with Crippen molar-refractivity contribution < 1.29 is 23.9 Å². The summed E-state index contributed by atoms with van der Waals surface area (Å²) in [5.74, 6) is -1.87. The first-order chi connectivity index (χ1) is 18.7. The standard InChI is InChI=1S/C31H38N4O5/c1-19(2)35(29(38)25(18-26(32)36)34-30(39)40-31(4,5)6)27(23-13-9-10-20(3)16-23)28(37)33-24-15-14-21-11-7-8-12-22(21)17-24/h7-17,19,25,27H,18H2,1-6H3,(H2,32,36)(H,33,37)(H,34,39). The lowest BCUT2D eigenvalue weighted by atomic mass is 9.98. The highest BCUT2D eigenvalue weighted by molar-refractivity contribution is 6.01. The number of aryl methyl sites for hydroxylation is 1. The van der Waals surface area contributed by atoms with E-state index in [4.69, 9.17) is 10.5 Å². The minimum Gasteiger partial charge on any atom is -0.444 e. The summed E-state index contributed by atoms with van der Waals surface area (Å²) in [7, 11) is 0. The lowest BCUT2D eigenvalue weighted by Gasteiger charge is -2.37. The van der Waals surface area contributed by atoms with Crippen LogP contribution in [0, 0.1) is 6.92 Å². The number of carbonyl (C=O) groups excluding carboxylic acids is 4. The van der Waals surface area contributed by atoms with Gasteiger partial charge in [-0.1, -0.05) is 60.2 Å². The highest BCUT2D eigenvalue weighted by Gasteiger charge is 2.38. The molecule has 2 unspecified atom stereocenters. The molecule has 0 aliphatic carbocycles. The molecular formula is C31H38N4O5. The van der Waals surface area contributed by atoms with Gasteiger partial charge < -0.3 is 26.0 Å². The van der Waals surface area contributed by atoms with Crippen LogP contribution in [0.5, 0.6) is 0 Å². The lowest BCUT2D eigenvalue weighted by molar-refractivity contribution is -0.143. The number of amides is 4. The van der Waals surface area contributed by atoms with Gasteiger partial charge in [-0.25, -0.2) is 4.79 Å². The number of nitrogens with zero attached hydrogens (tertiary/aromatic N) is 1. The first kappa shape index (κ1) is 30.1. The van der Waals surface area contributed by atoms with Crippen molar-refractivity contribution in [1.29, 1.82) is 0 Å². The van der Waals surface area contributed by atoms with Crippen molar-refractivity contribution >= 4 is 40.3 Å². The van der Waals surface area contributed by atoms with E-state index in [-0.39, 0.29) is 0 Å². The van der Waals surface area contributed by atoms with Crippen LogP contribution in [0.2, 0.25) is 0 Å². The maximum atomic E-state index is 14.0. The Labute approximate surface area is 235 Å². The number of carbonyl (C=O) groups is 4. The van der Waals surface area contributed by atoms with Crippen LogP contribution < -0.4 is 16.4 Å². The monoisotopic (exact) mass is 546 g/mol. The molecule has 3 rings (SSSR count). The SMILES string of the molecule is Cc1cccc(C(C(=O)Nc2ccc3ccccc3c2)N(C(=O)C(CC(N)=O)NC(=O)OC(C)(C)C)C(C)C)c1. The molecule has 40 heavy (non-hydrogen) atoms. The van der Waals surface area contributed by atoms with Gasteiger partial charge in [0.25, 0.3) is 5.91 Å². The van der Waals surface area contributed by atoms with Gasteiger partial charge in [0.1, 0.15) is 17.7 Å². The third kappa shape index (κ3) is 8.05. The largest absolute Gasteiger partial charge is 0.444 e. The zero-order chi connectivity index (χ0) is 29.6. The molecule has 0 spiro atoms. The summed E-state index contributed by atoms with van der Waals surface area (Å²) in [5, 5.41) is 7.42. The average Bonchev–Trinajstić information content (AvgIpc) is 2.84. The maximum Gasteiger partial charge on any atom is 0.408 e. The van der Waals surface area contributed by atoms with Crippen molar-refractivity contribution in [1.82, 2.24) is 10.2 Å². The molecule has 4 N–H and O–H groups in total. The van der Waals surface area contributed by atoms with Gasteiger partial charge in [0.05, 0.1) is 6.42 Å². The van der Waals surface area contributed by atoms with Crippen LogP contribution >= 0.6 is 0 Å². The molecule has 0 bridgehead atoms. The third-order valence-electron chi connectivity index (χ3n) is 6.11. The van der Waals surface area contributed by atoms with Gasteiger partial charge in [0.15, 0.2) is 0 Å². The van der Waals surface area contributed by atoms with Crippen molar-refractivity contribution in [3.63, 3.8) is 0 Å². The molecule has 0 aromatic heterocycles. The van der Waals surface area contributed by atoms with E-state index in [0.29, 0.717) is 11.3 Å². The minimum absolute atomic E-state index is 0.446. The molecule has 0 heterocycles. The van der Waals surface area contributed by atoms with Gasteiger partial charge in [0, 0.05) is 11.7 Å². The molecule has 3 aromatic carbocycles.